The number of halogens is 1. The molecule has 3 aromatic carbocycles. The molecule has 0 aromatic heterocycles. The van der Waals surface area contributed by atoms with Crippen molar-refractivity contribution in [2.24, 2.45) is 0 Å². The summed E-state index contributed by atoms with van der Waals surface area (Å²) in [5.74, 6) is 1.07. The number of allylic oxidation sites excluding steroid dienone is 1. The van der Waals surface area contributed by atoms with E-state index in [0.717, 1.165) is 22.6 Å². The summed E-state index contributed by atoms with van der Waals surface area (Å²) in [5.41, 5.74) is 4.24. The third kappa shape index (κ3) is 4.24. The van der Waals surface area contributed by atoms with Gasteiger partial charge in [0.1, 0.15) is 0 Å². The van der Waals surface area contributed by atoms with Gasteiger partial charge in [-0.05, 0) is 48.2 Å². The second-order valence-electron chi connectivity index (χ2n) is 8.75. The summed E-state index contributed by atoms with van der Waals surface area (Å²) in [6, 6.07) is 17.0. The van der Waals surface area contributed by atoms with E-state index in [0.29, 0.717) is 34.1 Å². The van der Waals surface area contributed by atoms with Gasteiger partial charge in [-0.1, -0.05) is 29.8 Å². The van der Waals surface area contributed by atoms with Crippen LogP contribution < -0.4 is 20.1 Å². The van der Waals surface area contributed by atoms with Gasteiger partial charge in [0, 0.05) is 40.4 Å². The van der Waals surface area contributed by atoms with E-state index in [-0.39, 0.29) is 23.8 Å². The van der Waals surface area contributed by atoms with Crippen molar-refractivity contribution in [3.05, 3.63) is 98.2 Å². The Morgan fingerprint density at radius 2 is 1.72 bits per heavy atom. The molecule has 0 unspecified atom stereocenters. The normalized spacial score (nSPS) is 18.8. The first kappa shape index (κ1) is 23.7. The highest BCUT2D eigenvalue weighted by molar-refractivity contribution is 6.31. The average Bonchev–Trinajstić information content (AvgIpc) is 3.05. The fourth-order valence-electron chi connectivity index (χ4n) is 4.93. The number of Topliss-reactive ketones (excluding diaryl/α,β-unsaturated/α-hetero) is 1. The molecule has 1 aliphatic carbocycles. The molecule has 5 rings (SSSR count). The Labute approximate surface area is 213 Å². The predicted molar refractivity (Wildman–Crippen MR) is 138 cm³/mol. The molecule has 2 aliphatic rings. The number of hydrogen-bond donors (Lipinski definition) is 2. The molecule has 0 saturated carbocycles. The third-order valence-electron chi connectivity index (χ3n) is 6.69. The summed E-state index contributed by atoms with van der Waals surface area (Å²) in [6.07, 6.45) is 0.840. The fourth-order valence-corrected chi connectivity index (χ4v) is 5.16. The van der Waals surface area contributed by atoms with Crippen LogP contribution in [0.15, 0.2) is 71.9 Å². The molecule has 0 fully saturated rings. The number of nitrogens with zero attached hydrogens (tertiary/aromatic N) is 1. The zero-order chi connectivity index (χ0) is 25.4. The molecule has 184 valence electrons. The second-order valence-corrected chi connectivity index (χ2v) is 9.15. The molecule has 1 heterocycles. The van der Waals surface area contributed by atoms with Crippen molar-refractivity contribution in [1.82, 2.24) is 0 Å². The van der Waals surface area contributed by atoms with Crippen LogP contribution in [0.25, 0.3) is 0 Å². The number of carbonyl (C=O) groups is 1. The van der Waals surface area contributed by atoms with Gasteiger partial charge in [0.05, 0.1) is 36.6 Å². The van der Waals surface area contributed by atoms with Crippen molar-refractivity contribution in [2.45, 2.75) is 24.8 Å². The maximum absolute atomic E-state index is 13.7. The smallest absolute Gasteiger partial charge is 0.269 e. The van der Waals surface area contributed by atoms with Crippen molar-refractivity contribution < 1.29 is 19.2 Å². The molecular weight excluding hydrogens is 482 g/mol. The van der Waals surface area contributed by atoms with Crippen LogP contribution in [0.1, 0.15) is 35.9 Å². The number of methoxy groups -OCH3 is 2. The maximum Gasteiger partial charge on any atom is 0.269 e. The molecule has 8 nitrogen and oxygen atoms in total. The van der Waals surface area contributed by atoms with Crippen molar-refractivity contribution in [3.8, 4) is 11.5 Å². The highest BCUT2D eigenvalue weighted by Crippen LogP contribution is 2.46. The van der Waals surface area contributed by atoms with E-state index in [1.165, 1.54) is 18.2 Å². The monoisotopic (exact) mass is 505 g/mol. The quantitative estimate of drug-likeness (QED) is 0.312. The lowest BCUT2D eigenvalue weighted by atomic mass is 9.78. The summed E-state index contributed by atoms with van der Waals surface area (Å²) >= 11 is 6.54. The predicted octanol–water partition coefficient (Wildman–Crippen LogP) is 6.24. The molecule has 0 radical (unpaired) electrons. The Hall–Kier alpha value is -4.04. The lowest BCUT2D eigenvalue weighted by Crippen LogP contribution is -2.27. The van der Waals surface area contributed by atoms with Gasteiger partial charge in [-0.15, -0.1) is 0 Å². The first-order chi connectivity index (χ1) is 17.4. The highest BCUT2D eigenvalue weighted by Gasteiger charge is 2.37. The van der Waals surface area contributed by atoms with Crippen LogP contribution in [0.3, 0.4) is 0 Å². The first-order valence-electron chi connectivity index (χ1n) is 11.4. The number of hydrogen-bond acceptors (Lipinski definition) is 7. The summed E-state index contributed by atoms with van der Waals surface area (Å²) in [6.45, 7) is 0. The van der Waals surface area contributed by atoms with Crippen LogP contribution in [0.2, 0.25) is 5.02 Å². The van der Waals surface area contributed by atoms with Gasteiger partial charge >= 0.3 is 0 Å². The van der Waals surface area contributed by atoms with E-state index in [1.54, 1.807) is 14.2 Å². The number of benzene rings is 3. The van der Waals surface area contributed by atoms with Crippen molar-refractivity contribution in [3.63, 3.8) is 0 Å². The minimum atomic E-state index is -0.651. The number of ether oxygens (including phenoxy) is 2. The largest absolute Gasteiger partial charge is 0.493 e. The molecule has 0 bridgehead atoms. The highest BCUT2D eigenvalue weighted by atomic mass is 35.5. The van der Waals surface area contributed by atoms with E-state index in [1.807, 2.05) is 42.5 Å². The van der Waals surface area contributed by atoms with Gasteiger partial charge < -0.3 is 20.1 Å². The first-order valence-corrected chi connectivity index (χ1v) is 11.8. The summed E-state index contributed by atoms with van der Waals surface area (Å²) in [5, 5.41) is 18.7. The Morgan fingerprint density at radius 3 is 2.44 bits per heavy atom. The van der Waals surface area contributed by atoms with Crippen molar-refractivity contribution in [2.75, 3.05) is 24.9 Å². The van der Waals surface area contributed by atoms with Gasteiger partial charge in [-0.2, -0.15) is 0 Å². The third-order valence-corrected chi connectivity index (χ3v) is 7.03. The van der Waals surface area contributed by atoms with Crippen molar-refractivity contribution in [1.29, 1.82) is 0 Å². The van der Waals surface area contributed by atoms with E-state index in [4.69, 9.17) is 21.1 Å². The fraction of sp³-hybridized carbons (Fsp3) is 0.222. The molecule has 36 heavy (non-hydrogen) atoms. The maximum atomic E-state index is 13.7. The zero-order valence-electron chi connectivity index (χ0n) is 19.7. The lowest BCUT2D eigenvalue weighted by molar-refractivity contribution is -0.384. The zero-order valence-corrected chi connectivity index (χ0v) is 20.5. The molecule has 0 spiro atoms. The number of para-hydroxylation sites is 2. The van der Waals surface area contributed by atoms with Gasteiger partial charge in [-0.25, -0.2) is 0 Å². The molecule has 2 atom stereocenters. The van der Waals surface area contributed by atoms with Crippen LogP contribution in [-0.2, 0) is 4.79 Å². The van der Waals surface area contributed by atoms with Gasteiger partial charge in [0.25, 0.3) is 5.69 Å². The van der Waals surface area contributed by atoms with Crippen LogP contribution in [0.5, 0.6) is 11.5 Å². The standard InChI is InChI=1S/C27H24ClN3O5/c1-35-24-10-7-15(13-25(24)36-2)16-11-22-26(23(32)12-16)27(30-21-6-4-3-5-20(21)29-22)18-14-17(31(33)34)8-9-19(18)28/h3-10,13-14,16,27,29-30H,11-12H2,1-2H3/t16-,27-/m1/s1. The van der Waals surface area contributed by atoms with Crippen LogP contribution >= 0.6 is 11.6 Å². The summed E-state index contributed by atoms with van der Waals surface area (Å²) in [4.78, 5) is 24.8. The SMILES string of the molecule is COc1ccc([C@H]2CC(=O)C3=C(C2)Nc2ccccc2N[C@@H]3c2cc([N+](=O)[O-])ccc2Cl)cc1OC. The van der Waals surface area contributed by atoms with E-state index in [9.17, 15) is 14.9 Å². The second kappa shape index (κ2) is 9.54. The number of non-ortho nitro benzene ring substituents is 1. The molecular formula is C27H24ClN3O5. The van der Waals surface area contributed by atoms with E-state index < -0.39 is 11.0 Å². The van der Waals surface area contributed by atoms with Crippen LogP contribution in [-0.4, -0.2) is 24.9 Å². The van der Waals surface area contributed by atoms with Gasteiger partial charge in [0.2, 0.25) is 0 Å². The average molecular weight is 506 g/mol. The van der Waals surface area contributed by atoms with Gasteiger partial charge in [0.15, 0.2) is 17.3 Å². The van der Waals surface area contributed by atoms with E-state index in [2.05, 4.69) is 10.6 Å². The van der Waals surface area contributed by atoms with E-state index >= 15 is 0 Å². The molecule has 9 heteroatoms. The Morgan fingerprint density at radius 1 is 0.972 bits per heavy atom. The Bertz CT molecular complexity index is 1400. The number of fused-ring (bicyclic) bond motifs is 1. The van der Waals surface area contributed by atoms with Crippen molar-refractivity contribution >= 4 is 34.4 Å². The molecule has 1 aliphatic heterocycles. The number of ketones is 1. The summed E-state index contributed by atoms with van der Waals surface area (Å²) < 4.78 is 10.8. The minimum absolute atomic E-state index is 0.0589. The molecule has 3 aromatic rings. The van der Waals surface area contributed by atoms with Crippen LogP contribution in [0, 0.1) is 10.1 Å². The Kier molecular flexibility index (Phi) is 6.28. The van der Waals surface area contributed by atoms with Crippen LogP contribution in [0.4, 0.5) is 17.1 Å². The number of nitro benzene ring substituents is 1. The lowest BCUT2D eigenvalue weighted by Gasteiger charge is -2.30. The molecule has 2 N–H and O–H groups in total. The number of carbonyl (C=O) groups excluding carboxylic acids is 1. The molecule has 0 amide bonds. The number of nitrogens with one attached hydrogen (secondary N) is 2. The number of rotatable bonds is 5. The number of nitro groups is 1. The topological polar surface area (TPSA) is 103 Å². The Balaban J connectivity index is 1.62. The molecule has 0 saturated heterocycles. The summed E-state index contributed by atoms with van der Waals surface area (Å²) in [7, 11) is 3.16. The minimum Gasteiger partial charge on any atom is -0.493 e. The van der Waals surface area contributed by atoms with Gasteiger partial charge in [-0.3, -0.25) is 14.9 Å². The number of anilines is 2.